The Morgan fingerprint density at radius 1 is 0.545 bits per heavy atom. The molecule has 44 heavy (non-hydrogen) atoms. The van der Waals surface area contributed by atoms with E-state index in [2.05, 4.69) is 133 Å². The Morgan fingerprint density at radius 2 is 0.841 bits per heavy atom. The molecule has 0 N–H and O–H groups in total. The molecule has 4 heteroatoms. The molecule has 0 spiro atoms. The first-order chi connectivity index (χ1) is 20.5. The minimum atomic E-state index is -2.16. The summed E-state index contributed by atoms with van der Waals surface area (Å²) in [5, 5.41) is 10.7. The van der Waals surface area contributed by atoms with Gasteiger partial charge in [-0.2, -0.15) is 0 Å². The van der Waals surface area contributed by atoms with Crippen LogP contribution in [-0.2, 0) is 29.5 Å². The number of hydrogen-bond acceptors (Lipinski definition) is 2. The van der Waals surface area contributed by atoms with Crippen molar-refractivity contribution in [3.05, 3.63) is 143 Å². The van der Waals surface area contributed by atoms with E-state index in [0.29, 0.717) is 15.9 Å². The predicted molar refractivity (Wildman–Crippen MR) is 183 cm³/mol. The Kier molecular flexibility index (Phi) is 12.0. The van der Waals surface area contributed by atoms with Crippen LogP contribution >= 0.6 is 0 Å². The second kappa shape index (κ2) is 14.9. The molecule has 4 aromatic rings. The van der Waals surface area contributed by atoms with Crippen LogP contribution in [0.25, 0.3) is 0 Å². The SMILES string of the molecule is CC(C)(C(=O)[O-])c1ccc(F)cc1.C[C](C)(Cc1ccccc1)[Sn+]([C](C)(C)Cc1ccccc1)[C](C)(C)Cc1ccccc1. The van der Waals surface area contributed by atoms with Crippen molar-refractivity contribution < 1.29 is 14.3 Å². The van der Waals surface area contributed by atoms with Crippen molar-refractivity contribution in [2.45, 2.75) is 90.4 Å². The molecule has 4 rings (SSSR count). The van der Waals surface area contributed by atoms with E-state index in [0.717, 1.165) is 0 Å². The van der Waals surface area contributed by atoms with Gasteiger partial charge in [0, 0.05) is 5.41 Å². The van der Waals surface area contributed by atoms with E-state index >= 15 is 0 Å². The van der Waals surface area contributed by atoms with Crippen molar-refractivity contribution in [1.29, 1.82) is 0 Å². The molecule has 0 aliphatic carbocycles. The van der Waals surface area contributed by atoms with E-state index in [1.54, 1.807) is 0 Å². The summed E-state index contributed by atoms with van der Waals surface area (Å²) in [5.74, 6) is -1.54. The summed E-state index contributed by atoms with van der Waals surface area (Å²) in [6.07, 6.45) is 3.54. The van der Waals surface area contributed by atoms with E-state index in [-0.39, 0.29) is 5.82 Å². The molecular formula is C40H49FO2Sn. The summed E-state index contributed by atoms with van der Waals surface area (Å²) >= 11 is -2.16. The zero-order valence-electron chi connectivity index (χ0n) is 27.8. The number of carboxylic acids is 1. The van der Waals surface area contributed by atoms with Crippen LogP contribution in [0.4, 0.5) is 4.39 Å². The third-order valence-electron chi connectivity index (χ3n) is 8.57. The van der Waals surface area contributed by atoms with Gasteiger partial charge in [0.1, 0.15) is 5.82 Å². The van der Waals surface area contributed by atoms with Crippen LogP contribution in [0.15, 0.2) is 115 Å². The normalized spacial score (nSPS) is 12.2. The molecule has 0 heterocycles. The summed E-state index contributed by atoms with van der Waals surface area (Å²) < 4.78 is 13.6. The van der Waals surface area contributed by atoms with Crippen LogP contribution in [0.5, 0.6) is 0 Å². The molecule has 0 amide bonds. The van der Waals surface area contributed by atoms with E-state index in [1.807, 2.05) is 0 Å². The zero-order valence-corrected chi connectivity index (χ0v) is 30.6. The number of carbonyl (C=O) groups is 1. The first-order valence-electron chi connectivity index (χ1n) is 15.5. The molecule has 4 aromatic carbocycles. The molecular weight excluding hydrogens is 650 g/mol. The topological polar surface area (TPSA) is 40.1 Å². The molecule has 0 unspecified atom stereocenters. The van der Waals surface area contributed by atoms with Gasteiger partial charge >= 0.3 is 199 Å². The van der Waals surface area contributed by atoms with Crippen LogP contribution in [0.1, 0.15) is 77.6 Å². The summed E-state index contributed by atoms with van der Waals surface area (Å²) in [4.78, 5) is 10.7. The van der Waals surface area contributed by atoms with Crippen LogP contribution in [-0.4, -0.2) is 25.7 Å². The van der Waals surface area contributed by atoms with E-state index < -0.39 is 31.1 Å². The molecule has 0 aliphatic rings. The number of benzene rings is 4. The predicted octanol–water partition coefficient (Wildman–Crippen LogP) is 9.40. The molecule has 232 valence electrons. The number of halogens is 1. The van der Waals surface area contributed by atoms with Crippen molar-refractivity contribution in [3.8, 4) is 0 Å². The average Bonchev–Trinajstić information content (AvgIpc) is 2.94. The van der Waals surface area contributed by atoms with Crippen molar-refractivity contribution in [2.75, 3.05) is 0 Å². The summed E-state index contributed by atoms with van der Waals surface area (Å²) in [6.45, 7) is 18.5. The average molecular weight is 700 g/mol. The number of aliphatic carboxylic acids is 1. The molecule has 0 fully saturated rings. The van der Waals surface area contributed by atoms with Crippen molar-refractivity contribution in [2.24, 2.45) is 0 Å². The number of carboxylic acid groups (broad SMARTS) is 1. The van der Waals surface area contributed by atoms with Crippen LogP contribution in [0.3, 0.4) is 0 Å². The third kappa shape index (κ3) is 9.79. The summed E-state index contributed by atoms with van der Waals surface area (Å²) in [6, 6.07) is 38.8. The number of hydrogen-bond donors (Lipinski definition) is 0. The minimum absolute atomic E-state index is 0.347. The van der Waals surface area contributed by atoms with E-state index in [1.165, 1.54) is 74.1 Å². The van der Waals surface area contributed by atoms with Crippen molar-refractivity contribution in [3.63, 3.8) is 0 Å². The molecule has 0 saturated carbocycles. The Morgan fingerprint density at radius 3 is 1.11 bits per heavy atom. The van der Waals surface area contributed by atoms with Gasteiger partial charge in [0.15, 0.2) is 0 Å². The van der Waals surface area contributed by atoms with Crippen molar-refractivity contribution in [1.82, 2.24) is 0 Å². The van der Waals surface area contributed by atoms with Crippen LogP contribution in [0, 0.1) is 5.82 Å². The molecule has 2 nitrogen and oxygen atoms in total. The maximum atomic E-state index is 12.5. The van der Waals surface area contributed by atoms with Gasteiger partial charge in [0.25, 0.3) is 0 Å². The van der Waals surface area contributed by atoms with Gasteiger partial charge < -0.3 is 9.90 Å². The Balaban J connectivity index is 0.000000340. The molecule has 0 atom stereocenters. The molecule has 0 aromatic heterocycles. The monoisotopic (exact) mass is 700 g/mol. The van der Waals surface area contributed by atoms with Gasteiger partial charge in [-0.25, -0.2) is 4.39 Å². The molecule has 0 bridgehead atoms. The number of rotatable bonds is 11. The van der Waals surface area contributed by atoms with Gasteiger partial charge in [-0.15, -0.1) is 0 Å². The standard InChI is InChI=1S/C10H11FO2.3C10H13.Sn/c1-10(2,9(12)13)7-3-5-8(11)6-4-7;3*1-9(2)8-10-6-4-3-5-7-10;/h3-6H,1-2H3,(H,12,13);3*3-7H,8H2,1-2H3;/q;;;;+1/p-1. The molecule has 0 radical (unpaired) electrons. The fourth-order valence-corrected chi connectivity index (χ4v) is 26.3. The fourth-order valence-electron chi connectivity index (χ4n) is 7.32. The Labute approximate surface area is 272 Å². The Bertz CT molecular complexity index is 1320. The first kappa shape index (κ1) is 35.6. The van der Waals surface area contributed by atoms with Gasteiger partial charge in [-0.3, -0.25) is 0 Å². The molecule has 0 aliphatic heterocycles. The Hall–Kier alpha value is -2.92. The van der Waals surface area contributed by atoms with E-state index in [9.17, 15) is 14.3 Å². The maximum absolute atomic E-state index is 12.5. The molecule has 0 saturated heterocycles. The van der Waals surface area contributed by atoms with Crippen LogP contribution in [0.2, 0.25) is 10.3 Å². The van der Waals surface area contributed by atoms with Gasteiger partial charge in [-0.1, -0.05) is 26.0 Å². The fraction of sp³-hybridized carbons (Fsp3) is 0.375. The summed E-state index contributed by atoms with van der Waals surface area (Å²) in [7, 11) is 0. The summed E-state index contributed by atoms with van der Waals surface area (Å²) in [5.41, 5.74) is 3.91. The van der Waals surface area contributed by atoms with Gasteiger partial charge in [-0.05, 0) is 17.7 Å². The first-order valence-corrected chi connectivity index (χ1v) is 19.8. The van der Waals surface area contributed by atoms with Gasteiger partial charge in [0.2, 0.25) is 0 Å². The second-order valence-electron chi connectivity index (χ2n) is 14.4. The number of carbonyl (C=O) groups excluding carboxylic acids is 1. The van der Waals surface area contributed by atoms with Gasteiger partial charge in [0.05, 0.1) is 5.97 Å². The second-order valence-corrected chi connectivity index (χ2v) is 28.2. The third-order valence-corrected chi connectivity index (χ3v) is 21.7. The van der Waals surface area contributed by atoms with Crippen LogP contribution < -0.4 is 5.11 Å². The van der Waals surface area contributed by atoms with E-state index in [4.69, 9.17) is 0 Å². The quantitative estimate of drug-likeness (QED) is 0.147. The van der Waals surface area contributed by atoms with Crippen molar-refractivity contribution >= 4 is 25.7 Å². The zero-order chi connectivity index (χ0) is 32.6.